The lowest BCUT2D eigenvalue weighted by Gasteiger charge is -2.07. The number of aryl methyl sites for hydroxylation is 1. The number of hydrogen-bond acceptors (Lipinski definition) is 3. The Morgan fingerprint density at radius 1 is 1.26 bits per heavy atom. The minimum Gasteiger partial charge on any atom is -0.494 e. The Kier molecular flexibility index (Phi) is 6.97. The van der Waals surface area contributed by atoms with E-state index in [1.165, 1.54) is 0 Å². The molecule has 19 heavy (non-hydrogen) atoms. The molecule has 4 heteroatoms. The Morgan fingerprint density at radius 2 is 1.95 bits per heavy atom. The van der Waals surface area contributed by atoms with Crippen LogP contribution in [0.2, 0.25) is 0 Å². The van der Waals surface area contributed by atoms with Gasteiger partial charge in [-0.1, -0.05) is 25.5 Å². The first-order valence-corrected chi connectivity index (χ1v) is 6.76. The molecule has 0 saturated carbocycles. The van der Waals surface area contributed by atoms with Crippen LogP contribution >= 0.6 is 0 Å². The van der Waals surface area contributed by atoms with Gasteiger partial charge in [-0.25, -0.2) is 4.79 Å². The molecule has 0 bridgehead atoms. The number of carboxylic acid groups (broad SMARTS) is 1. The normalized spacial score (nSPS) is 12.1. The summed E-state index contributed by atoms with van der Waals surface area (Å²) in [5, 5.41) is 17.7. The van der Waals surface area contributed by atoms with Gasteiger partial charge in [-0.3, -0.25) is 0 Å². The summed E-state index contributed by atoms with van der Waals surface area (Å²) in [6.07, 6.45) is 2.61. The third-order valence-electron chi connectivity index (χ3n) is 2.92. The van der Waals surface area contributed by atoms with Crippen molar-refractivity contribution in [2.45, 2.75) is 45.1 Å². The first-order valence-electron chi connectivity index (χ1n) is 6.76. The summed E-state index contributed by atoms with van der Waals surface area (Å²) in [6, 6.07) is 7.82. The highest BCUT2D eigenvalue weighted by Crippen LogP contribution is 2.14. The van der Waals surface area contributed by atoms with Gasteiger partial charge in [-0.05, 0) is 43.4 Å². The van der Waals surface area contributed by atoms with E-state index in [1.54, 1.807) is 0 Å². The van der Waals surface area contributed by atoms with E-state index in [9.17, 15) is 4.79 Å². The van der Waals surface area contributed by atoms with Gasteiger partial charge in [0.1, 0.15) is 5.75 Å². The Morgan fingerprint density at radius 3 is 2.53 bits per heavy atom. The van der Waals surface area contributed by atoms with Crippen molar-refractivity contribution in [3.05, 3.63) is 29.8 Å². The largest absolute Gasteiger partial charge is 0.494 e. The SMILES string of the molecule is CCCCOc1ccc(CCCC(O)C(=O)O)cc1. The van der Waals surface area contributed by atoms with Gasteiger partial charge in [0.2, 0.25) is 0 Å². The maximum atomic E-state index is 10.4. The van der Waals surface area contributed by atoms with E-state index in [4.69, 9.17) is 14.9 Å². The lowest BCUT2D eigenvalue weighted by Crippen LogP contribution is -2.19. The highest BCUT2D eigenvalue weighted by atomic mass is 16.5. The van der Waals surface area contributed by atoms with Gasteiger partial charge in [0, 0.05) is 0 Å². The first-order chi connectivity index (χ1) is 9.13. The zero-order valence-electron chi connectivity index (χ0n) is 11.3. The van der Waals surface area contributed by atoms with Crippen molar-refractivity contribution in [3.8, 4) is 5.75 Å². The van der Waals surface area contributed by atoms with Crippen molar-refractivity contribution >= 4 is 5.97 Å². The number of hydrogen-bond donors (Lipinski definition) is 2. The van der Waals surface area contributed by atoms with Gasteiger partial charge in [-0.2, -0.15) is 0 Å². The smallest absolute Gasteiger partial charge is 0.332 e. The van der Waals surface area contributed by atoms with Crippen molar-refractivity contribution in [1.29, 1.82) is 0 Å². The lowest BCUT2D eigenvalue weighted by molar-refractivity contribution is -0.146. The molecule has 1 unspecified atom stereocenters. The maximum Gasteiger partial charge on any atom is 0.332 e. The molecule has 1 aromatic rings. The molecular formula is C15H22O4. The van der Waals surface area contributed by atoms with Gasteiger partial charge in [0.25, 0.3) is 0 Å². The van der Waals surface area contributed by atoms with Crippen molar-refractivity contribution in [1.82, 2.24) is 0 Å². The maximum absolute atomic E-state index is 10.4. The second-order valence-electron chi connectivity index (χ2n) is 4.59. The Balaban J connectivity index is 2.30. The van der Waals surface area contributed by atoms with E-state index >= 15 is 0 Å². The lowest BCUT2D eigenvalue weighted by atomic mass is 10.1. The van der Waals surface area contributed by atoms with Crippen LogP contribution in [0.3, 0.4) is 0 Å². The Labute approximate surface area is 114 Å². The molecule has 0 heterocycles. The summed E-state index contributed by atoms with van der Waals surface area (Å²) in [4.78, 5) is 10.4. The molecule has 4 nitrogen and oxygen atoms in total. The molecule has 0 radical (unpaired) electrons. The van der Waals surface area contributed by atoms with Gasteiger partial charge in [0.05, 0.1) is 6.61 Å². The van der Waals surface area contributed by atoms with E-state index in [-0.39, 0.29) is 6.42 Å². The Hall–Kier alpha value is -1.55. The highest BCUT2D eigenvalue weighted by Gasteiger charge is 2.11. The molecule has 0 aliphatic heterocycles. The van der Waals surface area contributed by atoms with Crippen molar-refractivity contribution in [2.24, 2.45) is 0 Å². The second-order valence-corrected chi connectivity index (χ2v) is 4.59. The van der Waals surface area contributed by atoms with Crippen molar-refractivity contribution in [2.75, 3.05) is 6.61 Å². The van der Waals surface area contributed by atoms with Crippen LogP contribution in [-0.2, 0) is 11.2 Å². The number of benzene rings is 1. The van der Waals surface area contributed by atoms with Crippen LogP contribution in [0.15, 0.2) is 24.3 Å². The summed E-state index contributed by atoms with van der Waals surface area (Å²) in [7, 11) is 0. The fourth-order valence-electron chi connectivity index (χ4n) is 1.71. The number of aliphatic carboxylic acids is 1. The molecule has 106 valence electrons. The average Bonchev–Trinajstić information content (AvgIpc) is 2.40. The van der Waals surface area contributed by atoms with Crippen molar-refractivity contribution < 1.29 is 19.7 Å². The minimum atomic E-state index is -1.25. The quantitative estimate of drug-likeness (QED) is 0.674. The fourth-order valence-corrected chi connectivity index (χ4v) is 1.71. The number of carbonyl (C=O) groups is 1. The molecule has 0 amide bonds. The molecule has 0 aromatic heterocycles. The van der Waals surface area contributed by atoms with E-state index in [1.807, 2.05) is 24.3 Å². The molecule has 2 N–H and O–H groups in total. The summed E-state index contributed by atoms with van der Waals surface area (Å²) in [5.41, 5.74) is 1.13. The van der Waals surface area contributed by atoms with E-state index in [0.29, 0.717) is 6.42 Å². The van der Waals surface area contributed by atoms with Crippen molar-refractivity contribution in [3.63, 3.8) is 0 Å². The summed E-state index contributed by atoms with van der Waals surface area (Å²) in [5.74, 6) is -0.289. The fraction of sp³-hybridized carbons (Fsp3) is 0.533. The second kappa shape index (κ2) is 8.53. The van der Waals surface area contributed by atoms with Crippen LogP contribution in [0.5, 0.6) is 5.75 Å². The van der Waals surface area contributed by atoms with E-state index in [0.717, 1.165) is 37.2 Å². The van der Waals surface area contributed by atoms with Crippen LogP contribution < -0.4 is 4.74 Å². The standard InChI is InChI=1S/C15H22O4/c1-2-3-11-19-13-9-7-12(8-10-13)5-4-6-14(16)15(17)18/h7-10,14,16H,2-6,11H2,1H3,(H,17,18). The monoisotopic (exact) mass is 266 g/mol. The molecule has 1 aromatic carbocycles. The molecule has 0 aliphatic rings. The zero-order valence-corrected chi connectivity index (χ0v) is 11.3. The van der Waals surface area contributed by atoms with Gasteiger partial charge < -0.3 is 14.9 Å². The third kappa shape index (κ3) is 6.25. The Bertz CT molecular complexity index is 372. The predicted octanol–water partition coefficient (Wildman–Crippen LogP) is 2.63. The predicted molar refractivity (Wildman–Crippen MR) is 73.4 cm³/mol. The van der Waals surface area contributed by atoms with Crippen LogP contribution in [0.1, 0.15) is 38.2 Å². The number of unbranched alkanes of at least 4 members (excludes halogenated alkanes) is 1. The number of aliphatic hydroxyl groups excluding tert-OH is 1. The highest BCUT2D eigenvalue weighted by molar-refractivity contribution is 5.71. The topological polar surface area (TPSA) is 66.8 Å². The number of aliphatic hydroxyl groups is 1. The van der Waals surface area contributed by atoms with Gasteiger partial charge in [-0.15, -0.1) is 0 Å². The van der Waals surface area contributed by atoms with Crippen LogP contribution in [0.25, 0.3) is 0 Å². The summed E-state index contributed by atoms with van der Waals surface area (Å²) < 4.78 is 5.56. The molecule has 0 spiro atoms. The third-order valence-corrected chi connectivity index (χ3v) is 2.92. The van der Waals surface area contributed by atoms with Gasteiger partial charge in [0.15, 0.2) is 6.10 Å². The summed E-state index contributed by atoms with van der Waals surface area (Å²) in [6.45, 7) is 2.86. The van der Waals surface area contributed by atoms with Crippen LogP contribution in [0, 0.1) is 0 Å². The molecule has 0 saturated heterocycles. The average molecular weight is 266 g/mol. The summed E-state index contributed by atoms with van der Waals surface area (Å²) >= 11 is 0. The molecule has 1 rings (SSSR count). The number of ether oxygens (including phenoxy) is 1. The minimum absolute atomic E-state index is 0.282. The number of carboxylic acids is 1. The molecular weight excluding hydrogens is 244 g/mol. The number of rotatable bonds is 9. The molecule has 1 atom stereocenters. The van der Waals surface area contributed by atoms with Crippen LogP contribution in [-0.4, -0.2) is 28.9 Å². The van der Waals surface area contributed by atoms with E-state index in [2.05, 4.69) is 6.92 Å². The first kappa shape index (κ1) is 15.5. The van der Waals surface area contributed by atoms with E-state index < -0.39 is 12.1 Å². The zero-order chi connectivity index (χ0) is 14.1. The van der Waals surface area contributed by atoms with Crippen LogP contribution in [0.4, 0.5) is 0 Å². The molecule has 0 fully saturated rings. The van der Waals surface area contributed by atoms with Gasteiger partial charge >= 0.3 is 5.97 Å². The molecule has 0 aliphatic carbocycles.